The van der Waals surface area contributed by atoms with E-state index in [9.17, 15) is 18.0 Å². The lowest BCUT2D eigenvalue weighted by Gasteiger charge is -2.15. The number of hydrogen-bond donors (Lipinski definition) is 3. The van der Waals surface area contributed by atoms with Gasteiger partial charge in [0.05, 0.1) is 7.11 Å². The van der Waals surface area contributed by atoms with Gasteiger partial charge in [-0.05, 0) is 35.9 Å². The third-order valence-corrected chi connectivity index (χ3v) is 4.29. The average Bonchev–Trinajstić information content (AvgIpc) is 2.78. The number of amides is 1. The summed E-state index contributed by atoms with van der Waals surface area (Å²) in [4.78, 5) is 19.1. The fourth-order valence-corrected chi connectivity index (χ4v) is 2.68. The maximum Gasteiger partial charge on any atom is 0.421 e. The van der Waals surface area contributed by atoms with Crippen LogP contribution in [0.15, 0.2) is 67.4 Å². The Bertz CT molecular complexity index is 1100. The van der Waals surface area contributed by atoms with E-state index < -0.39 is 17.6 Å². The zero-order valence-corrected chi connectivity index (χ0v) is 17.0. The Morgan fingerprint density at radius 2 is 1.88 bits per heavy atom. The number of halogens is 3. The van der Waals surface area contributed by atoms with Crippen LogP contribution < -0.4 is 20.7 Å². The van der Waals surface area contributed by atoms with Crippen LogP contribution in [0.3, 0.4) is 0 Å². The van der Waals surface area contributed by atoms with Gasteiger partial charge in [-0.3, -0.25) is 4.79 Å². The molecule has 3 rings (SSSR count). The van der Waals surface area contributed by atoms with Crippen molar-refractivity contribution in [3.63, 3.8) is 0 Å². The van der Waals surface area contributed by atoms with Gasteiger partial charge in [0, 0.05) is 30.2 Å². The van der Waals surface area contributed by atoms with E-state index in [-0.39, 0.29) is 18.4 Å². The van der Waals surface area contributed by atoms with E-state index >= 15 is 0 Å². The molecule has 1 amide bonds. The smallest absolute Gasteiger partial charge is 0.421 e. The highest BCUT2D eigenvalue weighted by Crippen LogP contribution is 2.35. The number of nitrogens with zero attached hydrogens (tertiary/aromatic N) is 2. The highest BCUT2D eigenvalue weighted by molar-refractivity contribution is 5.86. The van der Waals surface area contributed by atoms with Gasteiger partial charge in [0.1, 0.15) is 17.1 Å². The van der Waals surface area contributed by atoms with E-state index in [1.807, 2.05) is 0 Å². The van der Waals surface area contributed by atoms with E-state index in [4.69, 9.17) is 4.74 Å². The molecule has 2 aromatic carbocycles. The van der Waals surface area contributed by atoms with Gasteiger partial charge in [0.25, 0.3) is 0 Å². The molecule has 32 heavy (non-hydrogen) atoms. The Kier molecular flexibility index (Phi) is 6.93. The van der Waals surface area contributed by atoms with Gasteiger partial charge in [-0.1, -0.05) is 24.8 Å². The number of alkyl halides is 3. The van der Waals surface area contributed by atoms with E-state index in [1.165, 1.54) is 7.11 Å². The number of anilines is 4. The number of methoxy groups -OCH3 is 1. The number of rotatable bonds is 8. The second kappa shape index (κ2) is 9.82. The number of benzene rings is 2. The van der Waals surface area contributed by atoms with Crippen LogP contribution >= 0.6 is 0 Å². The molecule has 1 aromatic heterocycles. The van der Waals surface area contributed by atoms with E-state index in [0.29, 0.717) is 17.1 Å². The van der Waals surface area contributed by atoms with Gasteiger partial charge in [0.2, 0.25) is 11.9 Å². The highest BCUT2D eigenvalue weighted by atomic mass is 19.4. The van der Waals surface area contributed by atoms with Gasteiger partial charge in [-0.2, -0.15) is 18.2 Å². The second-order valence-electron chi connectivity index (χ2n) is 6.55. The first kappa shape index (κ1) is 22.6. The molecule has 166 valence electrons. The number of aromatic nitrogens is 2. The van der Waals surface area contributed by atoms with E-state index in [0.717, 1.165) is 17.8 Å². The third-order valence-electron chi connectivity index (χ3n) is 4.29. The first-order valence-corrected chi connectivity index (χ1v) is 9.40. The first-order valence-electron chi connectivity index (χ1n) is 9.40. The standard InChI is InChI=1S/C22H20F3N5O2/c1-3-19(31)26-12-14-7-9-15(10-8-14)28-20-18(22(23,24)25)13-27-21(30-20)29-16-5-4-6-17(11-16)32-2/h3-11,13H,1,12H2,2H3,(H,26,31)(H2,27,28,29,30). The van der Waals surface area contributed by atoms with Crippen LogP contribution in [0.5, 0.6) is 5.75 Å². The topological polar surface area (TPSA) is 88.2 Å². The number of carbonyl (C=O) groups is 1. The van der Waals surface area contributed by atoms with Crippen molar-refractivity contribution >= 4 is 29.0 Å². The summed E-state index contributed by atoms with van der Waals surface area (Å²) in [6, 6.07) is 13.4. The summed E-state index contributed by atoms with van der Waals surface area (Å²) in [5.74, 6) is -0.160. The zero-order valence-electron chi connectivity index (χ0n) is 17.0. The normalized spacial score (nSPS) is 10.9. The van der Waals surface area contributed by atoms with Crippen LogP contribution in [-0.2, 0) is 17.5 Å². The molecule has 7 nitrogen and oxygen atoms in total. The molecule has 1 heterocycles. The minimum absolute atomic E-state index is 0.0162. The van der Waals surface area contributed by atoms with Crippen LogP contribution in [-0.4, -0.2) is 23.0 Å². The van der Waals surface area contributed by atoms with E-state index in [1.54, 1.807) is 48.5 Å². The summed E-state index contributed by atoms with van der Waals surface area (Å²) in [6.07, 6.45) is -2.77. The summed E-state index contributed by atoms with van der Waals surface area (Å²) < 4.78 is 45.6. The largest absolute Gasteiger partial charge is 0.497 e. The van der Waals surface area contributed by atoms with E-state index in [2.05, 4.69) is 32.5 Å². The molecule has 0 aliphatic rings. The predicted octanol–water partition coefficient (Wildman–Crippen LogP) is 4.79. The lowest BCUT2D eigenvalue weighted by atomic mass is 10.2. The van der Waals surface area contributed by atoms with Crippen molar-refractivity contribution < 1.29 is 22.7 Å². The first-order chi connectivity index (χ1) is 15.3. The van der Waals surface area contributed by atoms with Gasteiger partial charge in [-0.25, -0.2) is 4.98 Å². The third kappa shape index (κ3) is 5.97. The molecule has 0 aliphatic carbocycles. The fourth-order valence-electron chi connectivity index (χ4n) is 2.68. The van der Waals surface area contributed by atoms with Crippen molar-refractivity contribution in [3.8, 4) is 5.75 Å². The zero-order chi connectivity index (χ0) is 23.1. The minimum atomic E-state index is -4.65. The Balaban J connectivity index is 1.82. The second-order valence-corrected chi connectivity index (χ2v) is 6.55. The molecule has 10 heteroatoms. The maximum absolute atomic E-state index is 13.5. The van der Waals surface area contributed by atoms with Crippen molar-refractivity contribution in [1.29, 1.82) is 0 Å². The SMILES string of the molecule is C=CC(=O)NCc1ccc(Nc2nc(Nc3cccc(OC)c3)ncc2C(F)(F)F)cc1. The molecular formula is C22H20F3N5O2. The molecule has 0 radical (unpaired) electrons. The lowest BCUT2D eigenvalue weighted by molar-refractivity contribution is -0.137. The molecule has 0 fully saturated rings. The van der Waals surface area contributed by atoms with Crippen LogP contribution in [0.2, 0.25) is 0 Å². The molecule has 0 unspecified atom stereocenters. The van der Waals surface area contributed by atoms with Gasteiger partial charge in [0.15, 0.2) is 0 Å². The number of hydrogen-bond acceptors (Lipinski definition) is 6. The van der Waals surface area contributed by atoms with Gasteiger partial charge >= 0.3 is 6.18 Å². The summed E-state index contributed by atoms with van der Waals surface area (Å²) in [6.45, 7) is 3.63. The summed E-state index contributed by atoms with van der Waals surface area (Å²) in [5, 5.41) is 8.18. The monoisotopic (exact) mass is 443 g/mol. The fraction of sp³-hybridized carbons (Fsp3) is 0.136. The molecule has 0 aliphatic heterocycles. The summed E-state index contributed by atoms with van der Waals surface area (Å²) >= 11 is 0. The van der Waals surface area contributed by atoms with Gasteiger partial charge < -0.3 is 20.7 Å². The van der Waals surface area contributed by atoms with Crippen LogP contribution in [0.25, 0.3) is 0 Å². The Hall–Kier alpha value is -4.08. The maximum atomic E-state index is 13.5. The van der Waals surface area contributed by atoms with Crippen molar-refractivity contribution in [2.24, 2.45) is 0 Å². The van der Waals surface area contributed by atoms with Gasteiger partial charge in [-0.15, -0.1) is 0 Å². The molecule has 0 spiro atoms. The molecule has 0 bridgehead atoms. The molecular weight excluding hydrogens is 423 g/mol. The molecule has 3 N–H and O–H groups in total. The van der Waals surface area contributed by atoms with Crippen LogP contribution in [0.4, 0.5) is 36.3 Å². The van der Waals surface area contributed by atoms with Crippen molar-refractivity contribution in [2.75, 3.05) is 17.7 Å². The van der Waals surface area contributed by atoms with Crippen LogP contribution in [0, 0.1) is 0 Å². The molecule has 0 saturated carbocycles. The Labute approximate surface area is 182 Å². The molecule has 3 aromatic rings. The van der Waals surface area contributed by atoms with Crippen molar-refractivity contribution in [1.82, 2.24) is 15.3 Å². The predicted molar refractivity (Wildman–Crippen MR) is 115 cm³/mol. The number of ether oxygens (including phenoxy) is 1. The highest BCUT2D eigenvalue weighted by Gasteiger charge is 2.35. The minimum Gasteiger partial charge on any atom is -0.497 e. The molecule has 0 atom stereocenters. The Morgan fingerprint density at radius 3 is 2.53 bits per heavy atom. The average molecular weight is 443 g/mol. The number of nitrogens with one attached hydrogen (secondary N) is 3. The summed E-state index contributed by atoms with van der Waals surface area (Å²) in [5.41, 5.74) is 0.710. The quantitative estimate of drug-likeness (QED) is 0.434. The lowest BCUT2D eigenvalue weighted by Crippen LogP contribution is -2.19. The Morgan fingerprint density at radius 1 is 1.12 bits per heavy atom. The number of carbonyl (C=O) groups excluding carboxylic acids is 1. The molecule has 0 saturated heterocycles. The van der Waals surface area contributed by atoms with Crippen molar-refractivity contribution in [2.45, 2.75) is 12.7 Å². The van der Waals surface area contributed by atoms with Crippen LogP contribution in [0.1, 0.15) is 11.1 Å². The summed E-state index contributed by atoms with van der Waals surface area (Å²) in [7, 11) is 1.51. The van der Waals surface area contributed by atoms with Crippen molar-refractivity contribution in [3.05, 3.63) is 78.5 Å².